The van der Waals surface area contributed by atoms with E-state index in [4.69, 9.17) is 0 Å². The van der Waals surface area contributed by atoms with Crippen LogP contribution in [0, 0.1) is 5.92 Å². The van der Waals surface area contributed by atoms with E-state index >= 15 is 0 Å². The fourth-order valence-corrected chi connectivity index (χ4v) is 2.29. The Labute approximate surface area is 101 Å². The third-order valence-electron chi connectivity index (χ3n) is 3.51. The Morgan fingerprint density at radius 3 is 2.50 bits per heavy atom. The highest BCUT2D eigenvalue weighted by molar-refractivity contribution is 4.89. The summed E-state index contributed by atoms with van der Waals surface area (Å²) < 4.78 is 0. The van der Waals surface area contributed by atoms with Gasteiger partial charge in [0.1, 0.15) is 0 Å². The minimum atomic E-state index is 0.661. The van der Waals surface area contributed by atoms with E-state index in [9.17, 15) is 0 Å². The lowest BCUT2D eigenvalue weighted by molar-refractivity contribution is 0.171. The van der Waals surface area contributed by atoms with Crippen molar-refractivity contribution in [1.82, 2.24) is 10.2 Å². The quantitative estimate of drug-likeness (QED) is 0.698. The fraction of sp³-hybridized carbons (Fsp3) is 0.857. The molecular weight excluding hydrogens is 196 g/mol. The zero-order chi connectivity index (χ0) is 12.0. The van der Waals surface area contributed by atoms with Crippen LogP contribution in [0.15, 0.2) is 12.2 Å². The average molecular weight is 224 g/mol. The van der Waals surface area contributed by atoms with Crippen LogP contribution in [-0.4, -0.2) is 37.1 Å². The highest BCUT2D eigenvalue weighted by Crippen LogP contribution is 2.15. The van der Waals surface area contributed by atoms with Gasteiger partial charge in [-0.25, -0.2) is 0 Å². The summed E-state index contributed by atoms with van der Waals surface area (Å²) in [4.78, 5) is 2.62. The van der Waals surface area contributed by atoms with Gasteiger partial charge in [-0.1, -0.05) is 5.57 Å². The Bertz CT molecular complexity index is 205. The van der Waals surface area contributed by atoms with Crippen LogP contribution in [0.2, 0.25) is 0 Å². The number of nitrogens with one attached hydrogen (secondary N) is 1. The fourth-order valence-electron chi connectivity index (χ4n) is 2.29. The monoisotopic (exact) mass is 224 g/mol. The van der Waals surface area contributed by atoms with Gasteiger partial charge < -0.3 is 10.2 Å². The molecule has 0 atom stereocenters. The summed E-state index contributed by atoms with van der Waals surface area (Å²) in [6.45, 7) is 15.6. The Hall–Kier alpha value is -0.340. The summed E-state index contributed by atoms with van der Waals surface area (Å²) in [5.74, 6) is 0.897. The van der Waals surface area contributed by atoms with Crippen LogP contribution in [0.25, 0.3) is 0 Å². The van der Waals surface area contributed by atoms with Crippen molar-refractivity contribution < 1.29 is 0 Å². The van der Waals surface area contributed by atoms with E-state index < -0.39 is 0 Å². The normalized spacial score (nSPS) is 18.3. The molecule has 0 radical (unpaired) electrons. The van der Waals surface area contributed by atoms with Gasteiger partial charge in [-0.15, -0.1) is 6.58 Å². The van der Waals surface area contributed by atoms with Crippen LogP contribution in [0.5, 0.6) is 0 Å². The van der Waals surface area contributed by atoms with Crippen LogP contribution in [-0.2, 0) is 0 Å². The topological polar surface area (TPSA) is 15.3 Å². The molecule has 1 fully saturated rings. The molecule has 0 aromatic rings. The van der Waals surface area contributed by atoms with Gasteiger partial charge in [0.25, 0.3) is 0 Å². The Morgan fingerprint density at radius 1 is 1.38 bits per heavy atom. The van der Waals surface area contributed by atoms with E-state index in [1.165, 1.54) is 44.6 Å². The van der Waals surface area contributed by atoms with Gasteiger partial charge in [-0.2, -0.15) is 0 Å². The van der Waals surface area contributed by atoms with E-state index in [0.29, 0.717) is 6.04 Å². The van der Waals surface area contributed by atoms with Crippen LogP contribution in [0.1, 0.15) is 40.0 Å². The molecule has 0 saturated carbocycles. The average Bonchev–Trinajstić information content (AvgIpc) is 2.25. The first-order valence-corrected chi connectivity index (χ1v) is 6.68. The number of rotatable bonds is 6. The minimum Gasteiger partial charge on any atom is -0.317 e. The van der Waals surface area contributed by atoms with Crippen molar-refractivity contribution in [3.63, 3.8) is 0 Å². The molecule has 0 aromatic heterocycles. The standard InChI is InChI=1S/C14H28N2/c1-12(2)7-10-16(13(3)4)11-14-5-8-15-9-6-14/h13-15H,1,5-11H2,2-4H3. The van der Waals surface area contributed by atoms with Gasteiger partial charge in [0.2, 0.25) is 0 Å². The second-order valence-corrected chi connectivity index (χ2v) is 5.49. The van der Waals surface area contributed by atoms with Gasteiger partial charge >= 0.3 is 0 Å². The Morgan fingerprint density at radius 2 is 2.00 bits per heavy atom. The second-order valence-electron chi connectivity index (χ2n) is 5.49. The maximum Gasteiger partial charge on any atom is 0.00388 e. The molecule has 94 valence electrons. The summed E-state index contributed by atoms with van der Waals surface area (Å²) in [6, 6.07) is 0.661. The molecule has 2 nitrogen and oxygen atoms in total. The van der Waals surface area contributed by atoms with Crippen molar-refractivity contribution in [2.24, 2.45) is 5.92 Å². The van der Waals surface area contributed by atoms with Crippen molar-refractivity contribution >= 4 is 0 Å². The summed E-state index contributed by atoms with van der Waals surface area (Å²) >= 11 is 0. The molecular formula is C14H28N2. The van der Waals surface area contributed by atoms with Gasteiger partial charge in [0.15, 0.2) is 0 Å². The zero-order valence-electron chi connectivity index (χ0n) is 11.3. The van der Waals surface area contributed by atoms with E-state index in [1.807, 2.05) is 0 Å². The van der Waals surface area contributed by atoms with Crippen molar-refractivity contribution in [2.45, 2.75) is 46.1 Å². The third-order valence-corrected chi connectivity index (χ3v) is 3.51. The predicted octanol–water partition coefficient (Wildman–Crippen LogP) is 2.66. The largest absolute Gasteiger partial charge is 0.317 e. The number of piperidine rings is 1. The highest BCUT2D eigenvalue weighted by Gasteiger charge is 2.18. The minimum absolute atomic E-state index is 0.661. The summed E-state index contributed by atoms with van der Waals surface area (Å²) in [5, 5.41) is 3.43. The van der Waals surface area contributed by atoms with Crippen LogP contribution in [0.3, 0.4) is 0 Å². The predicted molar refractivity (Wildman–Crippen MR) is 71.7 cm³/mol. The molecule has 16 heavy (non-hydrogen) atoms. The molecule has 1 saturated heterocycles. The van der Waals surface area contributed by atoms with E-state index in [0.717, 1.165) is 12.3 Å². The molecule has 1 N–H and O–H groups in total. The third kappa shape index (κ3) is 5.13. The Kier molecular flexibility index (Phi) is 6.07. The van der Waals surface area contributed by atoms with E-state index in [1.54, 1.807) is 0 Å². The molecule has 0 bridgehead atoms. The van der Waals surface area contributed by atoms with Crippen molar-refractivity contribution in [3.8, 4) is 0 Å². The molecule has 0 unspecified atom stereocenters. The smallest absolute Gasteiger partial charge is 0.00388 e. The number of nitrogens with zero attached hydrogens (tertiary/aromatic N) is 1. The first kappa shape index (κ1) is 13.7. The van der Waals surface area contributed by atoms with Crippen LogP contribution in [0.4, 0.5) is 0 Å². The Balaban J connectivity index is 2.34. The molecule has 1 aliphatic heterocycles. The molecule has 0 aromatic carbocycles. The second kappa shape index (κ2) is 7.08. The van der Waals surface area contributed by atoms with E-state index in [2.05, 4.69) is 37.6 Å². The summed E-state index contributed by atoms with van der Waals surface area (Å²) in [5.41, 5.74) is 1.30. The van der Waals surface area contributed by atoms with Crippen LogP contribution >= 0.6 is 0 Å². The van der Waals surface area contributed by atoms with Gasteiger partial charge in [-0.05, 0) is 59.0 Å². The maximum atomic E-state index is 4.00. The first-order valence-electron chi connectivity index (χ1n) is 6.68. The number of hydrogen-bond acceptors (Lipinski definition) is 2. The van der Waals surface area contributed by atoms with E-state index in [-0.39, 0.29) is 0 Å². The summed E-state index contributed by atoms with van der Waals surface area (Å²) in [6.07, 6.45) is 3.83. The van der Waals surface area contributed by atoms with Gasteiger partial charge in [-0.3, -0.25) is 0 Å². The lowest BCUT2D eigenvalue weighted by atomic mass is 9.97. The lowest BCUT2D eigenvalue weighted by Crippen LogP contribution is -2.40. The summed E-state index contributed by atoms with van der Waals surface area (Å²) in [7, 11) is 0. The van der Waals surface area contributed by atoms with Crippen LogP contribution < -0.4 is 5.32 Å². The molecule has 2 heteroatoms. The first-order chi connectivity index (χ1) is 7.59. The maximum absolute atomic E-state index is 4.00. The van der Waals surface area contributed by atoms with Gasteiger partial charge in [0.05, 0.1) is 0 Å². The van der Waals surface area contributed by atoms with Crippen molar-refractivity contribution in [3.05, 3.63) is 12.2 Å². The van der Waals surface area contributed by atoms with Crippen molar-refractivity contribution in [2.75, 3.05) is 26.2 Å². The van der Waals surface area contributed by atoms with Crippen molar-refractivity contribution in [1.29, 1.82) is 0 Å². The molecule has 0 spiro atoms. The lowest BCUT2D eigenvalue weighted by Gasteiger charge is -2.32. The molecule has 1 aliphatic rings. The SMILES string of the molecule is C=C(C)CCN(CC1CCNCC1)C(C)C. The molecule has 0 amide bonds. The molecule has 1 heterocycles. The van der Waals surface area contributed by atoms with Gasteiger partial charge in [0, 0.05) is 19.1 Å². The molecule has 0 aliphatic carbocycles. The zero-order valence-corrected chi connectivity index (χ0v) is 11.3. The number of hydrogen-bond donors (Lipinski definition) is 1. The highest BCUT2D eigenvalue weighted by atomic mass is 15.1. The molecule has 1 rings (SSSR count).